The van der Waals surface area contributed by atoms with Crippen LogP contribution in [0, 0.1) is 5.92 Å². The van der Waals surface area contributed by atoms with Crippen LogP contribution in [0.15, 0.2) is 6.33 Å². The van der Waals surface area contributed by atoms with Crippen molar-refractivity contribution in [3.63, 3.8) is 0 Å². The second kappa shape index (κ2) is 5.96. The summed E-state index contributed by atoms with van der Waals surface area (Å²) in [4.78, 5) is 0. The normalized spacial score (nSPS) is 17.8. The third-order valence-corrected chi connectivity index (χ3v) is 3.09. The maximum absolute atomic E-state index is 5.33. The van der Waals surface area contributed by atoms with Gasteiger partial charge in [0.05, 0.1) is 6.54 Å². The average molecular weight is 224 g/mol. The Balaban J connectivity index is 1.71. The van der Waals surface area contributed by atoms with E-state index in [1.165, 1.54) is 12.8 Å². The van der Waals surface area contributed by atoms with Gasteiger partial charge in [-0.15, -0.1) is 10.2 Å². The Morgan fingerprint density at radius 3 is 3.06 bits per heavy atom. The molecular weight excluding hydrogens is 204 g/mol. The quantitative estimate of drug-likeness (QED) is 0.804. The van der Waals surface area contributed by atoms with Gasteiger partial charge < -0.3 is 14.6 Å². The van der Waals surface area contributed by atoms with Crippen LogP contribution in [0.3, 0.4) is 0 Å². The maximum atomic E-state index is 5.33. The van der Waals surface area contributed by atoms with Crippen LogP contribution in [-0.4, -0.2) is 34.5 Å². The van der Waals surface area contributed by atoms with Crippen molar-refractivity contribution in [2.75, 3.05) is 19.8 Å². The molecule has 0 aromatic carbocycles. The second-order valence-corrected chi connectivity index (χ2v) is 4.22. The van der Waals surface area contributed by atoms with Gasteiger partial charge in [0.25, 0.3) is 0 Å². The first-order valence-electron chi connectivity index (χ1n) is 6.05. The predicted molar refractivity (Wildman–Crippen MR) is 60.9 cm³/mol. The zero-order chi connectivity index (χ0) is 11.2. The van der Waals surface area contributed by atoms with Gasteiger partial charge in [0.2, 0.25) is 0 Å². The van der Waals surface area contributed by atoms with Crippen LogP contribution >= 0.6 is 0 Å². The molecule has 90 valence electrons. The Morgan fingerprint density at radius 2 is 2.31 bits per heavy atom. The summed E-state index contributed by atoms with van der Waals surface area (Å²) in [6.45, 7) is 6.73. The van der Waals surface area contributed by atoms with Crippen molar-refractivity contribution in [3.05, 3.63) is 12.2 Å². The van der Waals surface area contributed by atoms with E-state index in [9.17, 15) is 0 Å². The minimum Gasteiger partial charge on any atom is -0.381 e. The number of ether oxygens (including phenoxy) is 1. The van der Waals surface area contributed by atoms with E-state index in [1.54, 1.807) is 6.33 Å². The number of hydrogen-bond donors (Lipinski definition) is 1. The monoisotopic (exact) mass is 224 g/mol. The lowest BCUT2D eigenvalue weighted by atomic mass is 10.0. The molecule has 5 nitrogen and oxygen atoms in total. The van der Waals surface area contributed by atoms with Gasteiger partial charge in [-0.05, 0) is 32.2 Å². The Hall–Kier alpha value is -0.940. The van der Waals surface area contributed by atoms with Crippen molar-refractivity contribution < 1.29 is 4.74 Å². The van der Waals surface area contributed by atoms with E-state index in [2.05, 4.69) is 27.0 Å². The standard InChI is InChI=1S/C11H20N4O/c1-2-15-9-13-14-11(15)8-12-7-10-3-5-16-6-4-10/h9-10,12H,2-8H2,1H3. The number of rotatable bonds is 5. The summed E-state index contributed by atoms with van der Waals surface area (Å²) in [5.74, 6) is 1.78. The molecule has 1 aromatic rings. The Labute approximate surface area is 96.2 Å². The fraction of sp³-hybridized carbons (Fsp3) is 0.818. The molecule has 0 bridgehead atoms. The molecule has 1 saturated heterocycles. The molecule has 1 fully saturated rings. The number of aryl methyl sites for hydroxylation is 1. The fourth-order valence-corrected chi connectivity index (χ4v) is 2.02. The van der Waals surface area contributed by atoms with Crippen LogP contribution < -0.4 is 5.32 Å². The van der Waals surface area contributed by atoms with Crippen LogP contribution in [-0.2, 0) is 17.8 Å². The first-order valence-corrected chi connectivity index (χ1v) is 6.05. The summed E-state index contributed by atoms with van der Waals surface area (Å²) >= 11 is 0. The molecule has 0 unspecified atom stereocenters. The van der Waals surface area contributed by atoms with Gasteiger partial charge in [-0.25, -0.2) is 0 Å². The molecule has 0 radical (unpaired) electrons. The molecule has 0 atom stereocenters. The summed E-state index contributed by atoms with van der Waals surface area (Å²) < 4.78 is 7.40. The molecule has 1 aromatic heterocycles. The van der Waals surface area contributed by atoms with Gasteiger partial charge in [-0.1, -0.05) is 0 Å². The maximum Gasteiger partial charge on any atom is 0.146 e. The van der Waals surface area contributed by atoms with E-state index >= 15 is 0 Å². The highest BCUT2D eigenvalue weighted by Gasteiger charge is 2.13. The lowest BCUT2D eigenvalue weighted by Gasteiger charge is -2.22. The Morgan fingerprint density at radius 1 is 1.50 bits per heavy atom. The third-order valence-electron chi connectivity index (χ3n) is 3.09. The molecule has 16 heavy (non-hydrogen) atoms. The SMILES string of the molecule is CCn1cnnc1CNCC1CCOCC1. The van der Waals surface area contributed by atoms with Crippen LogP contribution in [0.4, 0.5) is 0 Å². The summed E-state index contributed by atoms with van der Waals surface area (Å²) in [6, 6.07) is 0. The van der Waals surface area contributed by atoms with E-state index in [1.807, 2.05) is 0 Å². The van der Waals surface area contributed by atoms with Crippen molar-refractivity contribution in [1.82, 2.24) is 20.1 Å². The third kappa shape index (κ3) is 3.02. The Kier molecular flexibility index (Phi) is 4.30. The van der Waals surface area contributed by atoms with Gasteiger partial charge in [-0.3, -0.25) is 0 Å². The molecule has 1 N–H and O–H groups in total. The molecule has 2 heterocycles. The lowest BCUT2D eigenvalue weighted by Crippen LogP contribution is -2.28. The van der Waals surface area contributed by atoms with Crippen LogP contribution in [0.2, 0.25) is 0 Å². The molecule has 0 spiro atoms. The lowest BCUT2D eigenvalue weighted by molar-refractivity contribution is 0.0661. The fourth-order valence-electron chi connectivity index (χ4n) is 2.02. The van der Waals surface area contributed by atoms with E-state index in [-0.39, 0.29) is 0 Å². The van der Waals surface area contributed by atoms with E-state index in [4.69, 9.17) is 4.74 Å². The van der Waals surface area contributed by atoms with Crippen molar-refractivity contribution in [3.8, 4) is 0 Å². The molecule has 0 saturated carbocycles. The number of hydrogen-bond acceptors (Lipinski definition) is 4. The summed E-state index contributed by atoms with van der Waals surface area (Å²) in [7, 11) is 0. The topological polar surface area (TPSA) is 52.0 Å². The minimum absolute atomic E-state index is 0.756. The molecular formula is C11H20N4O. The van der Waals surface area contributed by atoms with Crippen molar-refractivity contribution in [2.24, 2.45) is 5.92 Å². The van der Waals surface area contributed by atoms with Gasteiger partial charge in [-0.2, -0.15) is 0 Å². The first kappa shape index (κ1) is 11.5. The summed E-state index contributed by atoms with van der Waals surface area (Å²) in [5.41, 5.74) is 0. The van der Waals surface area contributed by atoms with Crippen LogP contribution in [0.25, 0.3) is 0 Å². The van der Waals surface area contributed by atoms with E-state index < -0.39 is 0 Å². The Bertz CT molecular complexity index is 307. The van der Waals surface area contributed by atoms with Gasteiger partial charge in [0.15, 0.2) is 0 Å². The minimum atomic E-state index is 0.756. The van der Waals surface area contributed by atoms with E-state index in [0.717, 1.165) is 44.6 Å². The highest BCUT2D eigenvalue weighted by atomic mass is 16.5. The molecule has 0 aliphatic carbocycles. The number of aromatic nitrogens is 3. The van der Waals surface area contributed by atoms with Crippen molar-refractivity contribution in [1.29, 1.82) is 0 Å². The smallest absolute Gasteiger partial charge is 0.146 e. The van der Waals surface area contributed by atoms with E-state index in [0.29, 0.717) is 0 Å². The molecule has 2 rings (SSSR count). The van der Waals surface area contributed by atoms with Crippen LogP contribution in [0.1, 0.15) is 25.6 Å². The summed E-state index contributed by atoms with van der Waals surface area (Å²) in [5, 5.41) is 11.5. The molecule has 5 heteroatoms. The van der Waals surface area contributed by atoms with Crippen LogP contribution in [0.5, 0.6) is 0 Å². The van der Waals surface area contributed by atoms with Crippen molar-refractivity contribution in [2.45, 2.75) is 32.9 Å². The van der Waals surface area contributed by atoms with Gasteiger partial charge in [0.1, 0.15) is 12.2 Å². The predicted octanol–water partition coefficient (Wildman–Crippen LogP) is 0.814. The number of nitrogens with one attached hydrogen (secondary N) is 1. The average Bonchev–Trinajstić information content (AvgIpc) is 2.78. The highest BCUT2D eigenvalue weighted by molar-refractivity contribution is 4.84. The zero-order valence-corrected chi connectivity index (χ0v) is 9.85. The highest BCUT2D eigenvalue weighted by Crippen LogP contribution is 2.13. The van der Waals surface area contributed by atoms with Gasteiger partial charge in [0, 0.05) is 19.8 Å². The number of nitrogens with zero attached hydrogens (tertiary/aromatic N) is 3. The van der Waals surface area contributed by atoms with Crippen molar-refractivity contribution >= 4 is 0 Å². The first-order chi connectivity index (χ1) is 7.90. The summed E-state index contributed by atoms with van der Waals surface area (Å²) in [6.07, 6.45) is 4.13. The largest absolute Gasteiger partial charge is 0.381 e. The molecule has 0 amide bonds. The zero-order valence-electron chi connectivity index (χ0n) is 9.85. The van der Waals surface area contributed by atoms with Gasteiger partial charge >= 0.3 is 0 Å². The molecule has 1 aliphatic rings. The molecule has 1 aliphatic heterocycles. The second-order valence-electron chi connectivity index (χ2n) is 4.22.